The Morgan fingerprint density at radius 1 is 1.19 bits per heavy atom. The minimum absolute atomic E-state index is 0.0519. The summed E-state index contributed by atoms with van der Waals surface area (Å²) in [6.45, 7) is 0.626. The van der Waals surface area contributed by atoms with Gasteiger partial charge in [-0.25, -0.2) is 4.68 Å². The lowest BCUT2D eigenvalue weighted by Crippen LogP contribution is -2.56. The lowest BCUT2D eigenvalue weighted by molar-refractivity contribution is -0.135. The fourth-order valence-corrected chi connectivity index (χ4v) is 3.98. The molecule has 1 amide bonds. The van der Waals surface area contributed by atoms with E-state index in [2.05, 4.69) is 33.0 Å². The topological polar surface area (TPSA) is 81.9 Å². The Hall–Kier alpha value is -2.28. The number of nitrogens with zero attached hydrogens (tertiary/aromatic N) is 4. The van der Waals surface area contributed by atoms with Crippen molar-refractivity contribution in [1.29, 1.82) is 0 Å². The van der Waals surface area contributed by atoms with Crippen LogP contribution in [-0.4, -0.2) is 38.3 Å². The van der Waals surface area contributed by atoms with Gasteiger partial charge < -0.3 is 10.1 Å². The SMILES string of the molecule is O=C(NC1CC(OCc2ccccc2)C1)C1(n2cnnn2)CCCCC1. The van der Waals surface area contributed by atoms with Gasteiger partial charge in [-0.3, -0.25) is 4.79 Å². The molecule has 2 aromatic rings. The van der Waals surface area contributed by atoms with Crippen LogP contribution in [0, 0.1) is 0 Å². The Bertz CT molecular complexity index is 707. The summed E-state index contributed by atoms with van der Waals surface area (Å²) in [4.78, 5) is 13.0. The Morgan fingerprint density at radius 2 is 1.96 bits per heavy atom. The zero-order valence-corrected chi connectivity index (χ0v) is 14.9. The average molecular weight is 355 g/mol. The number of ether oxygens (including phenoxy) is 1. The van der Waals surface area contributed by atoms with E-state index in [-0.39, 0.29) is 18.1 Å². The zero-order chi connectivity index (χ0) is 17.8. The van der Waals surface area contributed by atoms with E-state index in [1.165, 1.54) is 5.56 Å². The van der Waals surface area contributed by atoms with E-state index in [1.807, 2.05) is 18.2 Å². The number of hydrogen-bond acceptors (Lipinski definition) is 5. The summed E-state index contributed by atoms with van der Waals surface area (Å²) < 4.78 is 7.59. The Morgan fingerprint density at radius 3 is 2.65 bits per heavy atom. The average Bonchev–Trinajstić information content (AvgIpc) is 3.20. The fourth-order valence-electron chi connectivity index (χ4n) is 3.98. The molecular formula is C19H25N5O2. The van der Waals surface area contributed by atoms with Gasteiger partial charge in [-0.2, -0.15) is 0 Å². The lowest BCUT2D eigenvalue weighted by atomic mass is 9.80. The van der Waals surface area contributed by atoms with Crippen molar-refractivity contribution < 1.29 is 9.53 Å². The van der Waals surface area contributed by atoms with Gasteiger partial charge >= 0.3 is 0 Å². The van der Waals surface area contributed by atoms with Crippen LogP contribution in [0.2, 0.25) is 0 Å². The molecule has 0 spiro atoms. The molecule has 26 heavy (non-hydrogen) atoms. The molecule has 4 rings (SSSR count). The second-order valence-corrected chi connectivity index (χ2v) is 7.41. The highest BCUT2D eigenvalue weighted by atomic mass is 16.5. The molecule has 0 atom stereocenters. The summed E-state index contributed by atoms with van der Waals surface area (Å²) in [6, 6.07) is 10.4. The highest BCUT2D eigenvalue weighted by Crippen LogP contribution is 2.35. The summed E-state index contributed by atoms with van der Waals surface area (Å²) in [7, 11) is 0. The summed E-state index contributed by atoms with van der Waals surface area (Å²) in [5.41, 5.74) is 0.553. The van der Waals surface area contributed by atoms with Crippen molar-refractivity contribution in [2.75, 3.05) is 0 Å². The van der Waals surface area contributed by atoms with Crippen LogP contribution in [0.5, 0.6) is 0 Å². The molecule has 138 valence electrons. The molecule has 1 N–H and O–H groups in total. The molecule has 0 saturated heterocycles. The molecule has 2 fully saturated rings. The van der Waals surface area contributed by atoms with E-state index in [0.717, 1.165) is 44.9 Å². The Balaban J connectivity index is 1.30. The number of hydrogen-bond donors (Lipinski definition) is 1. The predicted molar refractivity (Wildman–Crippen MR) is 95.1 cm³/mol. The fraction of sp³-hybridized carbons (Fsp3) is 0.579. The molecule has 2 aliphatic carbocycles. The Kier molecular flexibility index (Phi) is 4.97. The van der Waals surface area contributed by atoms with E-state index >= 15 is 0 Å². The van der Waals surface area contributed by atoms with E-state index in [9.17, 15) is 4.79 Å². The number of carbonyl (C=O) groups is 1. The molecule has 2 saturated carbocycles. The second kappa shape index (κ2) is 7.53. The maximum absolute atomic E-state index is 13.0. The third-order valence-electron chi connectivity index (χ3n) is 5.65. The van der Waals surface area contributed by atoms with Crippen molar-refractivity contribution in [3.63, 3.8) is 0 Å². The summed E-state index contributed by atoms with van der Waals surface area (Å²) in [6.07, 6.45) is 8.33. The second-order valence-electron chi connectivity index (χ2n) is 7.41. The van der Waals surface area contributed by atoms with Gasteiger partial charge in [0, 0.05) is 6.04 Å². The van der Waals surface area contributed by atoms with Crippen LogP contribution in [0.15, 0.2) is 36.7 Å². The zero-order valence-electron chi connectivity index (χ0n) is 14.9. The number of nitrogens with one attached hydrogen (secondary N) is 1. The molecule has 1 heterocycles. The molecule has 2 aliphatic rings. The van der Waals surface area contributed by atoms with Crippen LogP contribution in [0.3, 0.4) is 0 Å². The first-order chi connectivity index (χ1) is 12.8. The van der Waals surface area contributed by atoms with Gasteiger partial charge in [0.25, 0.3) is 0 Å². The largest absolute Gasteiger partial charge is 0.373 e. The van der Waals surface area contributed by atoms with Gasteiger partial charge in [0.2, 0.25) is 5.91 Å². The van der Waals surface area contributed by atoms with E-state index in [4.69, 9.17) is 4.74 Å². The van der Waals surface area contributed by atoms with Crippen LogP contribution in [0.1, 0.15) is 50.5 Å². The highest BCUT2D eigenvalue weighted by Gasteiger charge is 2.44. The standard InChI is InChI=1S/C19H25N5O2/c25-18(19(9-5-2-6-10-19)24-14-20-22-23-24)21-16-11-17(12-16)26-13-15-7-3-1-4-8-15/h1,3-4,7-8,14,16-17H,2,5-6,9-13H2,(H,21,25). The number of carbonyl (C=O) groups excluding carboxylic acids is 1. The number of benzene rings is 1. The first kappa shape index (κ1) is 17.1. The van der Waals surface area contributed by atoms with Crippen LogP contribution < -0.4 is 5.32 Å². The van der Waals surface area contributed by atoms with Crippen molar-refractivity contribution in [3.05, 3.63) is 42.2 Å². The smallest absolute Gasteiger partial charge is 0.248 e. The summed E-state index contributed by atoms with van der Waals surface area (Å²) >= 11 is 0. The van der Waals surface area contributed by atoms with E-state index < -0.39 is 5.54 Å². The predicted octanol–water partition coefficient (Wildman–Crippen LogP) is 2.20. The van der Waals surface area contributed by atoms with E-state index in [1.54, 1.807) is 11.0 Å². The molecule has 0 aliphatic heterocycles. The first-order valence-corrected chi connectivity index (χ1v) is 9.46. The van der Waals surface area contributed by atoms with Gasteiger partial charge in [-0.15, -0.1) is 5.10 Å². The maximum atomic E-state index is 13.0. The third kappa shape index (κ3) is 3.49. The number of aromatic nitrogens is 4. The molecular weight excluding hydrogens is 330 g/mol. The van der Waals surface area contributed by atoms with Crippen LogP contribution in [-0.2, 0) is 21.7 Å². The van der Waals surface area contributed by atoms with Crippen molar-refractivity contribution >= 4 is 5.91 Å². The van der Waals surface area contributed by atoms with Gasteiger partial charge in [-0.05, 0) is 41.7 Å². The molecule has 1 aromatic carbocycles. The normalized spacial score (nSPS) is 24.6. The minimum Gasteiger partial charge on any atom is -0.373 e. The summed E-state index contributed by atoms with van der Waals surface area (Å²) in [5.74, 6) is 0.0519. The summed E-state index contributed by atoms with van der Waals surface area (Å²) in [5, 5.41) is 14.7. The van der Waals surface area contributed by atoms with Crippen molar-refractivity contribution in [1.82, 2.24) is 25.5 Å². The van der Waals surface area contributed by atoms with Gasteiger partial charge in [0.15, 0.2) is 0 Å². The number of amides is 1. The quantitative estimate of drug-likeness (QED) is 0.859. The molecule has 7 nitrogen and oxygen atoms in total. The number of tetrazole rings is 1. The highest BCUT2D eigenvalue weighted by molar-refractivity contribution is 5.84. The molecule has 0 unspecified atom stereocenters. The van der Waals surface area contributed by atoms with Crippen LogP contribution in [0.25, 0.3) is 0 Å². The Labute approximate surface area is 153 Å². The minimum atomic E-state index is -0.627. The van der Waals surface area contributed by atoms with Crippen LogP contribution >= 0.6 is 0 Å². The molecule has 1 aromatic heterocycles. The number of rotatable bonds is 6. The maximum Gasteiger partial charge on any atom is 0.248 e. The van der Waals surface area contributed by atoms with Crippen LogP contribution in [0.4, 0.5) is 0 Å². The third-order valence-corrected chi connectivity index (χ3v) is 5.65. The van der Waals surface area contributed by atoms with Gasteiger partial charge in [0.1, 0.15) is 11.9 Å². The lowest BCUT2D eigenvalue weighted by Gasteiger charge is -2.40. The molecule has 0 bridgehead atoms. The monoisotopic (exact) mass is 355 g/mol. The van der Waals surface area contributed by atoms with Crippen molar-refractivity contribution in [3.8, 4) is 0 Å². The van der Waals surface area contributed by atoms with Gasteiger partial charge in [-0.1, -0.05) is 49.6 Å². The molecule has 0 radical (unpaired) electrons. The first-order valence-electron chi connectivity index (χ1n) is 9.46. The van der Waals surface area contributed by atoms with Crippen molar-refractivity contribution in [2.24, 2.45) is 0 Å². The molecule has 7 heteroatoms. The van der Waals surface area contributed by atoms with E-state index in [0.29, 0.717) is 6.61 Å². The van der Waals surface area contributed by atoms with Crippen molar-refractivity contribution in [2.45, 2.75) is 69.2 Å². The van der Waals surface area contributed by atoms with Gasteiger partial charge in [0.05, 0.1) is 12.7 Å².